The van der Waals surface area contributed by atoms with Gasteiger partial charge in [-0.05, 0) is 31.9 Å². The van der Waals surface area contributed by atoms with Crippen molar-refractivity contribution in [2.75, 3.05) is 26.3 Å². The van der Waals surface area contributed by atoms with E-state index < -0.39 is 16.1 Å². The Morgan fingerprint density at radius 3 is 2.34 bits per heavy atom. The molecule has 0 unspecified atom stereocenters. The van der Waals surface area contributed by atoms with E-state index in [1.54, 1.807) is 11.0 Å². The fraction of sp³-hybridized carbons (Fsp3) is 0.650. The van der Waals surface area contributed by atoms with Crippen LogP contribution in [0.15, 0.2) is 23.1 Å². The van der Waals surface area contributed by atoms with Crippen LogP contribution in [0.3, 0.4) is 0 Å². The molecule has 1 aromatic rings. The highest BCUT2D eigenvalue weighted by molar-refractivity contribution is 7.89. The lowest BCUT2D eigenvalue weighted by atomic mass is 10.0. The molecule has 162 valence electrons. The van der Waals surface area contributed by atoms with E-state index in [0.29, 0.717) is 37.8 Å². The highest BCUT2D eigenvalue weighted by Gasteiger charge is 2.35. The van der Waals surface area contributed by atoms with Crippen LogP contribution in [0.2, 0.25) is 0 Å². The summed E-state index contributed by atoms with van der Waals surface area (Å²) in [6.45, 7) is 9.33. The molecule has 0 aliphatic carbocycles. The molecule has 0 spiro atoms. The van der Waals surface area contributed by atoms with Gasteiger partial charge in [-0.2, -0.15) is 4.72 Å². The monoisotopic (exact) mass is 426 g/mol. The van der Waals surface area contributed by atoms with Crippen molar-refractivity contribution >= 4 is 15.9 Å². The molecule has 2 heterocycles. The molecule has 0 saturated carbocycles. The predicted molar refractivity (Wildman–Crippen MR) is 108 cm³/mol. The number of benzene rings is 1. The van der Waals surface area contributed by atoms with Gasteiger partial charge in [-0.15, -0.1) is 0 Å². The first kappa shape index (κ1) is 21.9. The van der Waals surface area contributed by atoms with Gasteiger partial charge in [-0.25, -0.2) is 8.42 Å². The van der Waals surface area contributed by atoms with Crippen molar-refractivity contribution < 1.29 is 27.4 Å². The second kappa shape index (κ2) is 8.89. The molecule has 1 aromatic carbocycles. The van der Waals surface area contributed by atoms with Crippen molar-refractivity contribution in [3.63, 3.8) is 0 Å². The Kier molecular flexibility index (Phi) is 6.70. The molecule has 0 aromatic heterocycles. The van der Waals surface area contributed by atoms with Crippen molar-refractivity contribution in [2.24, 2.45) is 5.92 Å². The first-order valence-electron chi connectivity index (χ1n) is 10.0. The fourth-order valence-electron chi connectivity index (χ4n) is 3.57. The number of hydrogen-bond donors (Lipinski definition) is 1. The normalized spacial score (nSPS) is 23.6. The number of fused-ring (bicyclic) bond motifs is 1. The molecule has 9 heteroatoms. The highest BCUT2D eigenvalue weighted by Crippen LogP contribution is 2.32. The minimum Gasteiger partial charge on any atom is -0.490 e. The first-order valence-corrected chi connectivity index (χ1v) is 11.5. The molecule has 2 aliphatic rings. The molecule has 0 radical (unpaired) electrons. The summed E-state index contributed by atoms with van der Waals surface area (Å²) in [4.78, 5) is 14.8. The minimum absolute atomic E-state index is 0.0453. The molecule has 1 amide bonds. The lowest BCUT2D eigenvalue weighted by molar-refractivity contribution is -0.145. The number of rotatable bonds is 5. The van der Waals surface area contributed by atoms with Gasteiger partial charge in [0.2, 0.25) is 15.9 Å². The van der Waals surface area contributed by atoms with E-state index in [1.165, 1.54) is 12.1 Å². The van der Waals surface area contributed by atoms with Crippen molar-refractivity contribution in [2.45, 2.75) is 57.3 Å². The van der Waals surface area contributed by atoms with Crippen LogP contribution in [-0.4, -0.2) is 63.8 Å². The van der Waals surface area contributed by atoms with E-state index in [0.717, 1.165) is 6.42 Å². The molecule has 1 fully saturated rings. The SMILES string of the molecule is CC(C)[C@H](NS(=O)(=O)c1ccc2c(c1)OCCCO2)C(=O)N1C[C@@H](C)O[C@@H](C)C1. The summed E-state index contributed by atoms with van der Waals surface area (Å²) in [5, 5.41) is 0. The number of morpholine rings is 1. The van der Waals surface area contributed by atoms with E-state index in [2.05, 4.69) is 4.72 Å². The number of sulfonamides is 1. The molecular formula is C20H30N2O6S. The molecule has 3 rings (SSSR count). The summed E-state index contributed by atoms with van der Waals surface area (Å²) in [7, 11) is -3.92. The molecule has 2 aliphatic heterocycles. The van der Waals surface area contributed by atoms with Gasteiger partial charge in [-0.1, -0.05) is 13.8 Å². The Morgan fingerprint density at radius 2 is 1.72 bits per heavy atom. The van der Waals surface area contributed by atoms with Crippen LogP contribution in [0, 0.1) is 5.92 Å². The molecule has 1 N–H and O–H groups in total. The molecule has 3 atom stereocenters. The Bertz CT molecular complexity index is 831. The van der Waals surface area contributed by atoms with Gasteiger partial charge >= 0.3 is 0 Å². The fourth-order valence-corrected chi connectivity index (χ4v) is 4.92. The first-order chi connectivity index (χ1) is 13.7. The lowest BCUT2D eigenvalue weighted by Crippen LogP contribution is -2.56. The van der Waals surface area contributed by atoms with Gasteiger partial charge in [0, 0.05) is 25.6 Å². The summed E-state index contributed by atoms with van der Waals surface area (Å²) in [5.74, 6) is 0.467. The number of nitrogens with one attached hydrogen (secondary N) is 1. The Morgan fingerprint density at radius 1 is 1.10 bits per heavy atom. The molecule has 0 bridgehead atoms. The van der Waals surface area contributed by atoms with Crippen LogP contribution in [0.1, 0.15) is 34.1 Å². The maximum atomic E-state index is 13.1. The Balaban J connectivity index is 1.80. The van der Waals surface area contributed by atoms with Crippen molar-refractivity contribution in [1.29, 1.82) is 0 Å². The third-order valence-electron chi connectivity index (χ3n) is 4.98. The Hall–Kier alpha value is -1.84. The van der Waals surface area contributed by atoms with Crippen molar-refractivity contribution in [3.05, 3.63) is 18.2 Å². The summed E-state index contributed by atoms with van der Waals surface area (Å²) < 4.78 is 45.5. The third-order valence-corrected chi connectivity index (χ3v) is 6.41. The number of hydrogen-bond acceptors (Lipinski definition) is 6. The van der Waals surface area contributed by atoms with Gasteiger partial charge in [0.15, 0.2) is 11.5 Å². The van der Waals surface area contributed by atoms with Gasteiger partial charge in [0.05, 0.1) is 30.3 Å². The zero-order valence-electron chi connectivity index (χ0n) is 17.4. The maximum Gasteiger partial charge on any atom is 0.241 e. The topological polar surface area (TPSA) is 94.2 Å². The minimum atomic E-state index is -3.92. The van der Waals surface area contributed by atoms with Crippen LogP contribution in [0.25, 0.3) is 0 Å². The van der Waals surface area contributed by atoms with Gasteiger partial charge in [0.25, 0.3) is 0 Å². The highest BCUT2D eigenvalue weighted by atomic mass is 32.2. The zero-order valence-corrected chi connectivity index (χ0v) is 18.2. The van der Waals surface area contributed by atoms with Gasteiger partial charge in [0.1, 0.15) is 6.04 Å². The quantitative estimate of drug-likeness (QED) is 0.771. The Labute approximate surface area is 172 Å². The number of carbonyl (C=O) groups is 1. The molecular weight excluding hydrogens is 396 g/mol. The average Bonchev–Trinajstić information content (AvgIpc) is 2.89. The van der Waals surface area contributed by atoms with E-state index in [9.17, 15) is 13.2 Å². The van der Waals surface area contributed by atoms with E-state index in [1.807, 2.05) is 27.7 Å². The molecule has 29 heavy (non-hydrogen) atoms. The van der Waals surface area contributed by atoms with Crippen LogP contribution in [-0.2, 0) is 19.6 Å². The van der Waals surface area contributed by atoms with Crippen LogP contribution < -0.4 is 14.2 Å². The molecule has 1 saturated heterocycles. The van der Waals surface area contributed by atoms with Crippen molar-refractivity contribution in [1.82, 2.24) is 9.62 Å². The summed E-state index contributed by atoms with van der Waals surface area (Å²) in [5.41, 5.74) is 0. The summed E-state index contributed by atoms with van der Waals surface area (Å²) in [6, 6.07) is 3.64. The van der Waals surface area contributed by atoms with E-state index >= 15 is 0 Å². The molecule has 8 nitrogen and oxygen atoms in total. The average molecular weight is 427 g/mol. The number of carbonyl (C=O) groups excluding carboxylic acids is 1. The maximum absolute atomic E-state index is 13.1. The second-order valence-electron chi connectivity index (χ2n) is 8.00. The third kappa shape index (κ3) is 5.21. The standard InChI is InChI=1S/C20H30N2O6S/c1-13(2)19(20(23)22-11-14(3)28-15(4)12-22)21-29(24,25)16-6-7-17-18(10-16)27-9-5-8-26-17/h6-7,10,13-15,19,21H,5,8-9,11-12H2,1-4H3/t14-,15+,19-/m0/s1. The smallest absolute Gasteiger partial charge is 0.241 e. The second-order valence-corrected chi connectivity index (χ2v) is 9.72. The van der Waals surface area contributed by atoms with Crippen molar-refractivity contribution in [3.8, 4) is 11.5 Å². The van der Waals surface area contributed by atoms with Crippen LogP contribution in [0.4, 0.5) is 0 Å². The zero-order chi connectivity index (χ0) is 21.2. The predicted octanol–water partition coefficient (Wildman–Crippen LogP) is 1.79. The van der Waals surface area contributed by atoms with E-state index in [-0.39, 0.29) is 28.9 Å². The summed E-state index contributed by atoms with van der Waals surface area (Å²) in [6.07, 6.45) is 0.553. The number of amides is 1. The van der Waals surface area contributed by atoms with Crippen LogP contribution >= 0.6 is 0 Å². The van der Waals surface area contributed by atoms with Gasteiger partial charge in [-0.3, -0.25) is 4.79 Å². The van der Waals surface area contributed by atoms with Gasteiger partial charge < -0.3 is 19.1 Å². The number of ether oxygens (including phenoxy) is 3. The number of nitrogens with zero attached hydrogens (tertiary/aromatic N) is 1. The lowest BCUT2D eigenvalue weighted by Gasteiger charge is -2.38. The largest absolute Gasteiger partial charge is 0.490 e. The van der Waals surface area contributed by atoms with Crippen LogP contribution in [0.5, 0.6) is 11.5 Å². The van der Waals surface area contributed by atoms with E-state index in [4.69, 9.17) is 14.2 Å². The summed E-state index contributed by atoms with van der Waals surface area (Å²) >= 11 is 0.